The summed E-state index contributed by atoms with van der Waals surface area (Å²) in [7, 11) is 0. The first-order valence-corrected chi connectivity index (χ1v) is 4.70. The van der Waals surface area contributed by atoms with Crippen LogP contribution in [0.1, 0.15) is 5.56 Å². The Morgan fingerprint density at radius 3 is 2.73 bits per heavy atom. The fourth-order valence-electron chi connectivity index (χ4n) is 1.29. The topological polar surface area (TPSA) is 48.1 Å². The molecule has 0 aliphatic rings. The number of ether oxygens (including phenoxy) is 1. The summed E-state index contributed by atoms with van der Waals surface area (Å²) in [5, 5.41) is 0. The number of anilines is 1. The molecular weight excluding hydrogens is 188 g/mol. The molecule has 3 nitrogen and oxygen atoms in total. The van der Waals surface area contributed by atoms with Crippen LogP contribution in [-0.4, -0.2) is 4.98 Å². The lowest BCUT2D eigenvalue weighted by molar-refractivity contribution is 0.477. The van der Waals surface area contributed by atoms with Crippen LogP contribution in [0, 0.1) is 6.92 Å². The molecule has 0 saturated carbocycles. The Labute approximate surface area is 88.5 Å². The Bertz CT molecular complexity index is 469. The van der Waals surface area contributed by atoms with Crippen molar-refractivity contribution in [3.63, 3.8) is 0 Å². The Morgan fingerprint density at radius 2 is 2.00 bits per heavy atom. The molecule has 0 saturated heterocycles. The zero-order valence-electron chi connectivity index (χ0n) is 8.47. The lowest BCUT2D eigenvalue weighted by atomic mass is 10.2. The van der Waals surface area contributed by atoms with Gasteiger partial charge in [-0.05, 0) is 18.6 Å². The van der Waals surface area contributed by atoms with Gasteiger partial charge < -0.3 is 10.5 Å². The lowest BCUT2D eigenvalue weighted by Crippen LogP contribution is -1.90. The summed E-state index contributed by atoms with van der Waals surface area (Å²) in [5.74, 6) is 1.48. The van der Waals surface area contributed by atoms with Crippen LogP contribution in [0.25, 0.3) is 0 Å². The molecule has 0 radical (unpaired) electrons. The van der Waals surface area contributed by atoms with Gasteiger partial charge in [-0.2, -0.15) is 0 Å². The first kappa shape index (κ1) is 9.52. The van der Waals surface area contributed by atoms with Crippen molar-refractivity contribution in [2.45, 2.75) is 6.92 Å². The Hall–Kier alpha value is -2.03. The van der Waals surface area contributed by atoms with Gasteiger partial charge in [0.05, 0.1) is 18.1 Å². The number of para-hydroxylation sites is 1. The van der Waals surface area contributed by atoms with E-state index in [0.29, 0.717) is 11.4 Å². The van der Waals surface area contributed by atoms with Crippen LogP contribution in [0.3, 0.4) is 0 Å². The van der Waals surface area contributed by atoms with Gasteiger partial charge in [-0.25, -0.2) is 0 Å². The average molecular weight is 200 g/mol. The summed E-state index contributed by atoms with van der Waals surface area (Å²) in [6, 6.07) is 9.56. The standard InChI is InChI=1S/C12H12N2O/c1-9-4-2-3-5-12(9)15-11-6-10(13)7-14-8-11/h2-8H,13H2,1H3. The smallest absolute Gasteiger partial charge is 0.147 e. The molecule has 3 heteroatoms. The number of pyridine rings is 1. The fraction of sp³-hybridized carbons (Fsp3) is 0.0833. The number of rotatable bonds is 2. The molecule has 2 rings (SSSR count). The Balaban J connectivity index is 2.26. The molecule has 0 atom stereocenters. The second-order valence-electron chi connectivity index (χ2n) is 3.32. The highest BCUT2D eigenvalue weighted by Gasteiger charge is 2.00. The molecule has 0 aliphatic heterocycles. The van der Waals surface area contributed by atoms with Gasteiger partial charge in [0, 0.05) is 6.07 Å². The summed E-state index contributed by atoms with van der Waals surface area (Å²) >= 11 is 0. The third-order valence-corrected chi connectivity index (χ3v) is 2.06. The zero-order valence-corrected chi connectivity index (χ0v) is 8.47. The van der Waals surface area contributed by atoms with Crippen LogP contribution in [0.15, 0.2) is 42.7 Å². The fourth-order valence-corrected chi connectivity index (χ4v) is 1.29. The molecule has 0 fully saturated rings. The van der Waals surface area contributed by atoms with E-state index < -0.39 is 0 Å². The molecule has 76 valence electrons. The van der Waals surface area contributed by atoms with Crippen LogP contribution in [-0.2, 0) is 0 Å². The number of nitrogens with two attached hydrogens (primary N) is 1. The number of benzene rings is 1. The van der Waals surface area contributed by atoms with Gasteiger partial charge in [0.25, 0.3) is 0 Å². The molecule has 1 heterocycles. The minimum absolute atomic E-state index is 0.598. The number of nitrogen functional groups attached to an aromatic ring is 1. The van der Waals surface area contributed by atoms with Crippen LogP contribution in [0.4, 0.5) is 5.69 Å². The Morgan fingerprint density at radius 1 is 1.20 bits per heavy atom. The second-order valence-corrected chi connectivity index (χ2v) is 3.32. The Kier molecular flexibility index (Phi) is 2.54. The minimum Gasteiger partial charge on any atom is -0.455 e. The maximum Gasteiger partial charge on any atom is 0.147 e. The van der Waals surface area contributed by atoms with Crippen LogP contribution in [0.2, 0.25) is 0 Å². The van der Waals surface area contributed by atoms with Gasteiger partial charge in [-0.3, -0.25) is 4.98 Å². The molecule has 0 spiro atoms. The van der Waals surface area contributed by atoms with Crippen molar-refractivity contribution in [1.29, 1.82) is 0 Å². The molecule has 15 heavy (non-hydrogen) atoms. The molecule has 0 bridgehead atoms. The molecule has 2 aromatic rings. The van der Waals surface area contributed by atoms with E-state index in [4.69, 9.17) is 10.5 Å². The summed E-state index contributed by atoms with van der Waals surface area (Å²) in [4.78, 5) is 3.96. The van der Waals surface area contributed by atoms with Crippen LogP contribution >= 0.6 is 0 Å². The highest BCUT2D eigenvalue weighted by Crippen LogP contribution is 2.24. The van der Waals surface area contributed by atoms with Crippen molar-refractivity contribution >= 4 is 5.69 Å². The highest BCUT2D eigenvalue weighted by atomic mass is 16.5. The van der Waals surface area contributed by atoms with Crippen LogP contribution in [0.5, 0.6) is 11.5 Å². The maximum atomic E-state index is 5.65. The monoisotopic (exact) mass is 200 g/mol. The van der Waals surface area contributed by atoms with Gasteiger partial charge in [-0.1, -0.05) is 18.2 Å². The molecule has 1 aromatic carbocycles. The normalized spacial score (nSPS) is 9.93. The van der Waals surface area contributed by atoms with Crippen molar-refractivity contribution in [1.82, 2.24) is 4.98 Å². The van der Waals surface area contributed by atoms with E-state index in [1.165, 1.54) is 0 Å². The number of hydrogen-bond acceptors (Lipinski definition) is 3. The van der Waals surface area contributed by atoms with E-state index in [1.54, 1.807) is 18.5 Å². The quantitative estimate of drug-likeness (QED) is 0.810. The first-order chi connectivity index (χ1) is 7.25. The van der Waals surface area contributed by atoms with Crippen LogP contribution < -0.4 is 10.5 Å². The SMILES string of the molecule is Cc1ccccc1Oc1cncc(N)c1. The van der Waals surface area contributed by atoms with Crippen molar-refractivity contribution in [3.8, 4) is 11.5 Å². The molecular formula is C12H12N2O. The van der Waals surface area contributed by atoms with Crippen molar-refractivity contribution in [2.75, 3.05) is 5.73 Å². The largest absolute Gasteiger partial charge is 0.455 e. The van der Waals surface area contributed by atoms with Gasteiger partial charge in [0.1, 0.15) is 11.5 Å². The van der Waals surface area contributed by atoms with E-state index in [-0.39, 0.29) is 0 Å². The third-order valence-electron chi connectivity index (χ3n) is 2.06. The third kappa shape index (κ3) is 2.26. The lowest BCUT2D eigenvalue weighted by Gasteiger charge is -2.07. The number of hydrogen-bond donors (Lipinski definition) is 1. The van der Waals surface area contributed by atoms with Gasteiger partial charge >= 0.3 is 0 Å². The van der Waals surface area contributed by atoms with E-state index >= 15 is 0 Å². The van der Waals surface area contributed by atoms with E-state index in [1.807, 2.05) is 31.2 Å². The number of nitrogens with zero attached hydrogens (tertiary/aromatic N) is 1. The predicted molar refractivity (Wildman–Crippen MR) is 59.9 cm³/mol. The van der Waals surface area contributed by atoms with E-state index in [9.17, 15) is 0 Å². The molecule has 0 unspecified atom stereocenters. The van der Waals surface area contributed by atoms with Crippen molar-refractivity contribution in [2.24, 2.45) is 0 Å². The maximum absolute atomic E-state index is 5.65. The van der Waals surface area contributed by atoms with Gasteiger partial charge in [0.15, 0.2) is 0 Å². The highest BCUT2D eigenvalue weighted by molar-refractivity contribution is 5.43. The summed E-state index contributed by atoms with van der Waals surface area (Å²) in [6.45, 7) is 2.00. The average Bonchev–Trinajstić information content (AvgIpc) is 2.22. The van der Waals surface area contributed by atoms with Crippen molar-refractivity contribution < 1.29 is 4.74 Å². The van der Waals surface area contributed by atoms with Gasteiger partial charge in [-0.15, -0.1) is 0 Å². The first-order valence-electron chi connectivity index (χ1n) is 4.70. The second kappa shape index (κ2) is 4.00. The minimum atomic E-state index is 0.598. The van der Waals surface area contributed by atoms with Crippen molar-refractivity contribution in [3.05, 3.63) is 48.3 Å². The molecule has 0 aliphatic carbocycles. The summed E-state index contributed by atoms with van der Waals surface area (Å²) in [5.41, 5.74) is 7.29. The zero-order chi connectivity index (χ0) is 10.7. The summed E-state index contributed by atoms with van der Waals surface area (Å²) in [6.07, 6.45) is 3.23. The molecule has 1 aromatic heterocycles. The summed E-state index contributed by atoms with van der Waals surface area (Å²) < 4.78 is 5.65. The molecule has 2 N–H and O–H groups in total. The van der Waals surface area contributed by atoms with Gasteiger partial charge in [0.2, 0.25) is 0 Å². The number of aromatic nitrogens is 1. The predicted octanol–water partition coefficient (Wildman–Crippen LogP) is 2.76. The molecule has 0 amide bonds. The van der Waals surface area contributed by atoms with E-state index in [2.05, 4.69) is 4.98 Å². The van der Waals surface area contributed by atoms with E-state index in [0.717, 1.165) is 11.3 Å². The number of aryl methyl sites for hydroxylation is 1.